The lowest BCUT2D eigenvalue weighted by atomic mass is 10.0. The van der Waals surface area contributed by atoms with Crippen molar-refractivity contribution in [3.05, 3.63) is 49.2 Å². The number of ether oxygens (including phenoxy) is 1. The van der Waals surface area contributed by atoms with Gasteiger partial charge < -0.3 is 25.3 Å². The average molecular weight is 347 g/mol. The zero-order chi connectivity index (χ0) is 18.8. The highest BCUT2D eigenvalue weighted by Crippen LogP contribution is 2.22. The number of hydrogen-bond donors (Lipinski definition) is 3. The van der Waals surface area contributed by atoms with Gasteiger partial charge in [-0.05, 0) is 32.9 Å². The topological polar surface area (TPSA) is 75.1 Å². The Kier molecular flexibility index (Phi) is 8.74. The smallest absolute Gasteiger partial charge is 0.164 e. The summed E-state index contributed by atoms with van der Waals surface area (Å²) < 4.78 is 5.50. The Morgan fingerprint density at radius 1 is 1.32 bits per heavy atom. The van der Waals surface area contributed by atoms with Gasteiger partial charge >= 0.3 is 0 Å². The van der Waals surface area contributed by atoms with Crippen molar-refractivity contribution < 1.29 is 14.7 Å². The zero-order valence-electron chi connectivity index (χ0n) is 15.5. The number of nitrogens with one attached hydrogen (secondary N) is 2. The first-order valence-corrected chi connectivity index (χ1v) is 8.19. The van der Waals surface area contributed by atoms with Crippen LogP contribution in [0.5, 0.6) is 0 Å². The summed E-state index contributed by atoms with van der Waals surface area (Å²) in [6.45, 7) is 13.3. The van der Waals surface area contributed by atoms with E-state index in [2.05, 4.69) is 28.9 Å². The van der Waals surface area contributed by atoms with Crippen LogP contribution in [0, 0.1) is 5.92 Å². The summed E-state index contributed by atoms with van der Waals surface area (Å²) in [5.74, 6) is -0.416. The van der Waals surface area contributed by atoms with Crippen LogP contribution in [-0.4, -0.2) is 36.9 Å². The van der Waals surface area contributed by atoms with E-state index < -0.39 is 12.2 Å². The molecule has 1 aromatic carbocycles. The maximum atomic E-state index is 10.3. The molecule has 1 aromatic rings. The highest BCUT2D eigenvalue weighted by molar-refractivity contribution is 5.78. The second kappa shape index (κ2) is 10.5. The van der Waals surface area contributed by atoms with Crippen LogP contribution in [0.4, 0.5) is 11.4 Å². The number of aliphatic hydroxyl groups excluding tert-OH is 1. The van der Waals surface area contributed by atoms with Gasteiger partial charge in [0.1, 0.15) is 6.10 Å². The number of anilines is 2. The average Bonchev–Trinajstić information content (AvgIpc) is 2.59. The quantitative estimate of drug-likeness (QED) is 0.247. The molecule has 0 saturated heterocycles. The molecule has 0 radical (unpaired) electrons. The molecule has 0 aliphatic heterocycles. The fourth-order valence-corrected chi connectivity index (χ4v) is 2.13. The first kappa shape index (κ1) is 20.7. The van der Waals surface area contributed by atoms with Crippen LogP contribution in [0.3, 0.4) is 0 Å². The van der Waals surface area contributed by atoms with Gasteiger partial charge in [0.2, 0.25) is 0 Å². The van der Waals surface area contributed by atoms with Crippen molar-refractivity contribution in [2.24, 2.45) is 11.1 Å². The van der Waals surface area contributed by atoms with Gasteiger partial charge in [-0.2, -0.15) is 0 Å². The van der Waals surface area contributed by atoms with E-state index in [1.54, 1.807) is 6.08 Å². The third kappa shape index (κ3) is 6.99. The summed E-state index contributed by atoms with van der Waals surface area (Å²) in [5.41, 5.74) is 3.26. The van der Waals surface area contributed by atoms with Crippen molar-refractivity contribution in [2.75, 3.05) is 24.3 Å². The summed E-state index contributed by atoms with van der Waals surface area (Å²) in [4.78, 5) is 5.34. The second-order valence-corrected chi connectivity index (χ2v) is 5.89. The van der Waals surface area contributed by atoms with Gasteiger partial charge in [-0.25, -0.2) is 0 Å². The first-order valence-electron chi connectivity index (χ1n) is 8.19. The third-order valence-electron chi connectivity index (χ3n) is 3.48. The lowest BCUT2D eigenvalue weighted by molar-refractivity contribution is -0.144. The van der Waals surface area contributed by atoms with E-state index in [-0.39, 0.29) is 12.7 Å². The molecule has 25 heavy (non-hydrogen) atoms. The van der Waals surface area contributed by atoms with Gasteiger partial charge in [-0.3, -0.25) is 0 Å². The fraction of sp³-hybridized carbons (Fsp3) is 0.421. The lowest BCUT2D eigenvalue weighted by Gasteiger charge is -2.25. The number of oxime groups is 1. The summed E-state index contributed by atoms with van der Waals surface area (Å²) in [7, 11) is 1.85. The molecule has 0 aliphatic rings. The van der Waals surface area contributed by atoms with Crippen LogP contribution in [0.1, 0.15) is 20.8 Å². The maximum absolute atomic E-state index is 10.3. The van der Waals surface area contributed by atoms with Crippen LogP contribution in [-0.2, 0) is 9.57 Å². The monoisotopic (exact) mass is 347 g/mol. The molecule has 0 spiro atoms. The normalized spacial score (nSPS) is 14.0. The second-order valence-electron chi connectivity index (χ2n) is 5.89. The minimum atomic E-state index is -1.07. The van der Waals surface area contributed by atoms with Crippen molar-refractivity contribution >= 4 is 17.1 Å². The minimum absolute atomic E-state index is 0.145. The summed E-state index contributed by atoms with van der Waals surface area (Å²) in [5, 5.41) is 20.4. The number of rotatable bonds is 11. The van der Waals surface area contributed by atoms with Crippen molar-refractivity contribution in [3.8, 4) is 0 Å². The van der Waals surface area contributed by atoms with E-state index in [0.29, 0.717) is 5.70 Å². The highest BCUT2D eigenvalue weighted by atomic mass is 16.6. The largest absolute Gasteiger partial charge is 0.392 e. The fourth-order valence-electron chi connectivity index (χ4n) is 2.13. The number of benzene rings is 1. The molecule has 1 rings (SSSR count). The van der Waals surface area contributed by atoms with Gasteiger partial charge in [0.15, 0.2) is 6.29 Å². The molecular weight excluding hydrogens is 318 g/mol. The number of para-hydroxylation sites is 2. The Morgan fingerprint density at radius 2 is 1.96 bits per heavy atom. The van der Waals surface area contributed by atoms with Gasteiger partial charge in [0, 0.05) is 12.7 Å². The molecule has 3 atom stereocenters. The molecule has 6 heteroatoms. The Hall–Kier alpha value is -2.31. The Balaban J connectivity index is 2.55. The number of aliphatic hydroxyl groups is 1. The molecule has 0 fully saturated rings. The molecule has 3 N–H and O–H groups in total. The summed E-state index contributed by atoms with van der Waals surface area (Å²) in [6, 6.07) is 7.75. The number of nitrogens with zero attached hydrogens (tertiary/aromatic N) is 1. The van der Waals surface area contributed by atoms with Crippen LogP contribution in [0.2, 0.25) is 0 Å². The van der Waals surface area contributed by atoms with Gasteiger partial charge in [0.25, 0.3) is 0 Å². The van der Waals surface area contributed by atoms with E-state index in [4.69, 9.17) is 9.57 Å². The van der Waals surface area contributed by atoms with Crippen molar-refractivity contribution in [1.29, 1.82) is 0 Å². The third-order valence-corrected chi connectivity index (χ3v) is 3.48. The van der Waals surface area contributed by atoms with E-state index in [9.17, 15) is 5.11 Å². The summed E-state index contributed by atoms with van der Waals surface area (Å²) in [6.07, 6.45) is 0.161. The molecule has 0 amide bonds. The predicted molar refractivity (Wildman–Crippen MR) is 104 cm³/mol. The molecule has 0 aliphatic carbocycles. The zero-order valence-corrected chi connectivity index (χ0v) is 15.5. The first-order chi connectivity index (χ1) is 11.9. The van der Waals surface area contributed by atoms with E-state index in [0.717, 1.165) is 17.1 Å². The van der Waals surface area contributed by atoms with Gasteiger partial charge in [-0.1, -0.05) is 29.9 Å². The van der Waals surface area contributed by atoms with E-state index in [1.807, 2.05) is 52.1 Å². The predicted octanol–water partition coefficient (Wildman–Crippen LogP) is 3.59. The van der Waals surface area contributed by atoms with Crippen LogP contribution >= 0.6 is 0 Å². The standard InChI is InChI=1S/C19H29N3O3/c1-7-16(15(5)25-22-13(2)3)19(23)24-12-14(4)21-18-11-9-8-10-17(18)20-6/h7-11,15-16,19-21,23H,1,4,12H2,2-3,5-6H3/t15-,16+,19?/m1/s1. The molecule has 0 heterocycles. The van der Waals surface area contributed by atoms with E-state index in [1.165, 1.54) is 0 Å². The summed E-state index contributed by atoms with van der Waals surface area (Å²) >= 11 is 0. The molecule has 0 saturated carbocycles. The maximum Gasteiger partial charge on any atom is 0.164 e. The van der Waals surface area contributed by atoms with Crippen LogP contribution in [0.25, 0.3) is 0 Å². The molecule has 6 nitrogen and oxygen atoms in total. The van der Waals surface area contributed by atoms with Crippen molar-refractivity contribution in [1.82, 2.24) is 0 Å². The molecule has 0 bridgehead atoms. The molecule has 0 aromatic heterocycles. The lowest BCUT2D eigenvalue weighted by Crippen LogP contribution is -2.32. The Bertz CT molecular complexity index is 597. The van der Waals surface area contributed by atoms with Crippen LogP contribution < -0.4 is 10.6 Å². The van der Waals surface area contributed by atoms with Gasteiger partial charge in [0.05, 0.1) is 29.6 Å². The van der Waals surface area contributed by atoms with E-state index >= 15 is 0 Å². The molecule has 138 valence electrons. The molecular formula is C19H29N3O3. The SMILES string of the molecule is C=C[C@H](C(O)OCC(=C)Nc1ccccc1NC)[C@@H](C)ON=C(C)C. The van der Waals surface area contributed by atoms with Crippen molar-refractivity contribution in [2.45, 2.75) is 33.2 Å². The Morgan fingerprint density at radius 3 is 2.52 bits per heavy atom. The van der Waals surface area contributed by atoms with Crippen LogP contribution in [0.15, 0.2) is 54.4 Å². The van der Waals surface area contributed by atoms with Crippen molar-refractivity contribution in [3.63, 3.8) is 0 Å². The minimum Gasteiger partial charge on any atom is -0.392 e. The van der Waals surface area contributed by atoms with Gasteiger partial charge in [-0.15, -0.1) is 6.58 Å². The highest BCUT2D eigenvalue weighted by Gasteiger charge is 2.25. The Labute approximate surface area is 150 Å². The number of hydrogen-bond acceptors (Lipinski definition) is 6. The molecule has 1 unspecified atom stereocenters.